The first-order valence-electron chi connectivity index (χ1n) is 10.9. The van der Waals surface area contributed by atoms with Crippen LogP contribution in [-0.2, 0) is 16.1 Å². The normalized spacial score (nSPS) is 28.1. The molecule has 162 valence electrons. The van der Waals surface area contributed by atoms with E-state index in [4.69, 9.17) is 4.74 Å². The number of amides is 1. The summed E-state index contributed by atoms with van der Waals surface area (Å²) in [5, 5.41) is 3.37. The van der Waals surface area contributed by atoms with Crippen LogP contribution in [0, 0.1) is 17.8 Å². The van der Waals surface area contributed by atoms with Gasteiger partial charge in [-0.2, -0.15) is 0 Å². The third-order valence-electron chi connectivity index (χ3n) is 7.18. The van der Waals surface area contributed by atoms with Gasteiger partial charge in [-0.1, -0.05) is 6.07 Å². The summed E-state index contributed by atoms with van der Waals surface area (Å²) in [7, 11) is 0. The van der Waals surface area contributed by atoms with Crippen LogP contribution in [0.2, 0.25) is 0 Å². The fourth-order valence-electron chi connectivity index (χ4n) is 5.36. The molecule has 3 atom stereocenters. The highest BCUT2D eigenvalue weighted by Crippen LogP contribution is 2.66. The molecule has 3 heterocycles. The van der Waals surface area contributed by atoms with E-state index in [-0.39, 0.29) is 24.7 Å². The van der Waals surface area contributed by atoms with Crippen LogP contribution >= 0.6 is 0 Å². The first-order chi connectivity index (χ1) is 15.0. The van der Waals surface area contributed by atoms with Crippen LogP contribution in [-0.4, -0.2) is 43.1 Å². The van der Waals surface area contributed by atoms with Gasteiger partial charge in [0.2, 0.25) is 5.91 Å². The van der Waals surface area contributed by atoms with Crippen molar-refractivity contribution in [1.82, 2.24) is 4.98 Å². The molecule has 2 aliphatic carbocycles. The van der Waals surface area contributed by atoms with E-state index in [0.29, 0.717) is 19.8 Å². The summed E-state index contributed by atoms with van der Waals surface area (Å²) < 4.78 is 32.9. The molecule has 0 bridgehead atoms. The molecule has 31 heavy (non-hydrogen) atoms. The van der Waals surface area contributed by atoms with Crippen molar-refractivity contribution in [3.63, 3.8) is 0 Å². The van der Waals surface area contributed by atoms with E-state index in [1.807, 2.05) is 30.3 Å². The number of nitrogens with zero attached hydrogens (tertiary/aromatic N) is 3. The van der Waals surface area contributed by atoms with E-state index in [1.54, 1.807) is 11.1 Å². The van der Waals surface area contributed by atoms with Gasteiger partial charge in [-0.3, -0.25) is 4.79 Å². The number of rotatable bonds is 2. The number of carbonyl (C=O) groups excluding carboxylic acids is 1. The number of fused-ring (bicyclic) bond motifs is 3. The van der Waals surface area contributed by atoms with Gasteiger partial charge in [-0.05, 0) is 37.1 Å². The Bertz CT molecular complexity index is 1030. The number of pyridine rings is 1. The van der Waals surface area contributed by atoms with E-state index >= 15 is 0 Å². The number of aromatic nitrogens is 1. The minimum atomic E-state index is -2.57. The van der Waals surface area contributed by atoms with Gasteiger partial charge in [0.05, 0.1) is 31.1 Å². The third-order valence-corrected chi connectivity index (χ3v) is 7.18. The van der Waals surface area contributed by atoms with Gasteiger partial charge < -0.3 is 19.9 Å². The smallest absolute Gasteiger partial charge is 0.254 e. The number of nitrogens with one attached hydrogen (secondary N) is 1. The first-order valence-corrected chi connectivity index (χ1v) is 10.9. The lowest BCUT2D eigenvalue weighted by atomic mass is 10.00. The predicted octanol–water partition coefficient (Wildman–Crippen LogP) is 3.80. The SMILES string of the molecule is O=C(C1C[C@@H]2[C@H](C1)C2(F)F)N1Cc2cccnc2Nc2ccc(N3CCOCC3)cc21. The molecule has 2 saturated carbocycles. The maximum absolute atomic E-state index is 13.7. The van der Waals surface area contributed by atoms with Crippen molar-refractivity contribution in [3.05, 3.63) is 42.1 Å². The lowest BCUT2D eigenvalue weighted by molar-refractivity contribution is -0.123. The monoisotopic (exact) mass is 426 g/mol. The van der Waals surface area contributed by atoms with E-state index in [2.05, 4.69) is 15.2 Å². The number of hydrogen-bond acceptors (Lipinski definition) is 5. The molecular weight excluding hydrogens is 402 g/mol. The number of ether oxygens (including phenoxy) is 1. The van der Waals surface area contributed by atoms with Crippen molar-refractivity contribution >= 4 is 28.8 Å². The maximum atomic E-state index is 13.7. The minimum absolute atomic E-state index is 0.0677. The predicted molar refractivity (Wildman–Crippen MR) is 113 cm³/mol. The first kappa shape index (κ1) is 19.0. The highest BCUT2D eigenvalue weighted by Gasteiger charge is 2.72. The third kappa shape index (κ3) is 3.07. The molecular formula is C23H24F2N4O2. The second-order valence-electron chi connectivity index (χ2n) is 8.92. The van der Waals surface area contributed by atoms with Gasteiger partial charge in [0, 0.05) is 48.3 Å². The molecule has 1 unspecified atom stereocenters. The van der Waals surface area contributed by atoms with Crippen LogP contribution in [0.15, 0.2) is 36.5 Å². The van der Waals surface area contributed by atoms with Gasteiger partial charge in [-0.15, -0.1) is 0 Å². The zero-order chi connectivity index (χ0) is 21.2. The Labute approximate surface area is 179 Å². The van der Waals surface area contributed by atoms with Gasteiger partial charge in [-0.25, -0.2) is 13.8 Å². The van der Waals surface area contributed by atoms with Crippen LogP contribution in [0.25, 0.3) is 0 Å². The van der Waals surface area contributed by atoms with Crippen molar-refractivity contribution in [2.24, 2.45) is 17.8 Å². The Balaban J connectivity index is 1.36. The molecule has 3 fully saturated rings. The lowest BCUT2D eigenvalue weighted by Gasteiger charge is -2.31. The summed E-state index contributed by atoms with van der Waals surface area (Å²) in [4.78, 5) is 22.0. The molecule has 2 aliphatic heterocycles. The van der Waals surface area contributed by atoms with E-state index in [0.717, 1.165) is 41.5 Å². The van der Waals surface area contributed by atoms with Crippen LogP contribution in [0.3, 0.4) is 0 Å². The van der Waals surface area contributed by atoms with Crippen LogP contribution in [0.4, 0.5) is 31.7 Å². The van der Waals surface area contributed by atoms with Crippen molar-refractivity contribution < 1.29 is 18.3 Å². The summed E-state index contributed by atoms with van der Waals surface area (Å²) >= 11 is 0. The quantitative estimate of drug-likeness (QED) is 0.792. The Morgan fingerprint density at radius 1 is 1.16 bits per heavy atom. The van der Waals surface area contributed by atoms with Gasteiger partial charge in [0.1, 0.15) is 5.82 Å². The number of anilines is 4. The van der Waals surface area contributed by atoms with E-state index in [1.165, 1.54) is 0 Å². The molecule has 1 aromatic heterocycles. The molecule has 1 aromatic carbocycles. The van der Waals surface area contributed by atoms with Crippen LogP contribution in [0.1, 0.15) is 18.4 Å². The van der Waals surface area contributed by atoms with Gasteiger partial charge >= 0.3 is 0 Å². The Kier molecular flexibility index (Phi) is 4.21. The standard InChI is InChI=1S/C23H24F2N4O2/c24-23(25)17-10-15(11-18(17)23)22(30)29-13-14-2-1-5-26-21(14)27-19-4-3-16(12-20(19)29)28-6-8-31-9-7-28/h1-5,12,15,17-18H,6-11,13H2,(H,26,27)/t15?,17-,18+. The molecule has 1 N–H and O–H groups in total. The van der Waals surface area contributed by atoms with Crippen molar-refractivity contribution in [1.29, 1.82) is 0 Å². The molecule has 4 aliphatic rings. The van der Waals surface area contributed by atoms with E-state index in [9.17, 15) is 13.6 Å². The topological polar surface area (TPSA) is 57.7 Å². The molecule has 2 aromatic rings. The Morgan fingerprint density at radius 2 is 1.94 bits per heavy atom. The average Bonchev–Trinajstić information content (AvgIpc) is 3.10. The summed E-state index contributed by atoms with van der Waals surface area (Å²) in [6.07, 6.45) is 2.27. The molecule has 8 heteroatoms. The number of hydrogen-bond donors (Lipinski definition) is 1. The maximum Gasteiger partial charge on any atom is 0.254 e. The van der Waals surface area contributed by atoms with Gasteiger partial charge in [0.15, 0.2) is 0 Å². The fourth-order valence-corrected chi connectivity index (χ4v) is 5.36. The Hall–Kier alpha value is -2.74. The van der Waals surface area contributed by atoms with E-state index < -0.39 is 17.8 Å². The van der Waals surface area contributed by atoms with Crippen LogP contribution < -0.4 is 15.1 Å². The van der Waals surface area contributed by atoms with Crippen molar-refractivity contribution in [3.8, 4) is 0 Å². The summed E-state index contributed by atoms with van der Waals surface area (Å²) in [5.41, 5.74) is 3.52. The highest BCUT2D eigenvalue weighted by molar-refractivity contribution is 6.00. The van der Waals surface area contributed by atoms with Crippen molar-refractivity contribution in [2.45, 2.75) is 25.3 Å². The molecule has 1 amide bonds. The molecule has 6 nitrogen and oxygen atoms in total. The summed E-state index contributed by atoms with van der Waals surface area (Å²) in [6, 6.07) is 9.85. The molecule has 6 rings (SSSR count). The Morgan fingerprint density at radius 3 is 2.71 bits per heavy atom. The number of alkyl halides is 2. The second-order valence-corrected chi connectivity index (χ2v) is 8.92. The molecule has 0 radical (unpaired) electrons. The number of carbonyl (C=O) groups is 1. The largest absolute Gasteiger partial charge is 0.378 e. The number of benzene rings is 1. The number of halogens is 2. The zero-order valence-electron chi connectivity index (χ0n) is 17.1. The van der Waals surface area contributed by atoms with Crippen molar-refractivity contribution in [2.75, 3.05) is 41.4 Å². The average molecular weight is 426 g/mol. The molecule has 1 saturated heterocycles. The lowest BCUT2D eigenvalue weighted by Crippen LogP contribution is -2.37. The minimum Gasteiger partial charge on any atom is -0.378 e. The van der Waals surface area contributed by atoms with Gasteiger partial charge in [0.25, 0.3) is 5.92 Å². The highest BCUT2D eigenvalue weighted by atomic mass is 19.3. The second kappa shape index (κ2) is 6.88. The number of morpholine rings is 1. The summed E-state index contributed by atoms with van der Waals surface area (Å²) in [6.45, 7) is 3.31. The summed E-state index contributed by atoms with van der Waals surface area (Å²) in [5.74, 6) is -3.53. The van der Waals surface area contributed by atoms with Crippen LogP contribution in [0.5, 0.6) is 0 Å². The fraction of sp³-hybridized carbons (Fsp3) is 0.478. The zero-order valence-corrected chi connectivity index (χ0v) is 17.1. The molecule has 0 spiro atoms.